The van der Waals surface area contributed by atoms with Gasteiger partial charge < -0.3 is 9.47 Å². The van der Waals surface area contributed by atoms with Gasteiger partial charge in [0.25, 0.3) is 0 Å². The van der Waals surface area contributed by atoms with Gasteiger partial charge in [0.2, 0.25) is 0 Å². The molecule has 1 atom stereocenters. The van der Waals surface area contributed by atoms with Crippen LogP contribution in [0.4, 0.5) is 5.69 Å². The number of rotatable bonds is 2. The van der Waals surface area contributed by atoms with Crippen LogP contribution in [0.25, 0.3) is 0 Å². The molecule has 0 spiro atoms. The highest BCUT2D eigenvalue weighted by molar-refractivity contribution is 5.62. The van der Waals surface area contributed by atoms with Crippen LogP contribution in [0.5, 0.6) is 0 Å². The number of pyridine rings is 1. The minimum atomic E-state index is 0.453. The number of fused-ring (bicyclic) bond motifs is 1. The molecule has 1 fully saturated rings. The summed E-state index contributed by atoms with van der Waals surface area (Å²) in [6, 6.07) is 4.87. The van der Waals surface area contributed by atoms with E-state index in [1.807, 2.05) is 13.8 Å². The lowest BCUT2D eigenvalue weighted by molar-refractivity contribution is 0.505. The summed E-state index contributed by atoms with van der Waals surface area (Å²) in [6.45, 7) is 8.00. The van der Waals surface area contributed by atoms with Crippen LogP contribution in [0.15, 0.2) is 6.07 Å². The molecule has 4 rings (SSSR count). The Morgan fingerprint density at radius 2 is 1.96 bits per heavy atom. The maximum Gasteiger partial charge on any atom is 0.106 e. The summed E-state index contributed by atoms with van der Waals surface area (Å²) in [5, 5.41) is 9.57. The van der Waals surface area contributed by atoms with Crippen molar-refractivity contribution in [3.63, 3.8) is 0 Å². The Kier molecular flexibility index (Phi) is 3.99. The summed E-state index contributed by atoms with van der Waals surface area (Å²) in [4.78, 5) is 11.7. The van der Waals surface area contributed by atoms with E-state index in [-0.39, 0.29) is 0 Å². The van der Waals surface area contributed by atoms with Crippen molar-refractivity contribution in [1.82, 2.24) is 14.5 Å². The van der Waals surface area contributed by atoms with Crippen molar-refractivity contribution in [1.29, 1.82) is 5.26 Å². The average Bonchev–Trinajstić information content (AvgIpc) is 3.17. The van der Waals surface area contributed by atoms with Gasteiger partial charge in [0.05, 0.1) is 28.7 Å². The number of nitrogens with zero attached hydrogens (tertiary/aromatic N) is 5. The van der Waals surface area contributed by atoms with Crippen LogP contribution < -0.4 is 4.90 Å². The first-order valence-electron chi connectivity index (χ1n) is 9.28. The van der Waals surface area contributed by atoms with Crippen LogP contribution in [0.2, 0.25) is 0 Å². The molecule has 3 heterocycles. The quantitative estimate of drug-likeness (QED) is 0.844. The Balaban J connectivity index is 1.65. The van der Waals surface area contributed by atoms with E-state index in [2.05, 4.69) is 33.5 Å². The van der Waals surface area contributed by atoms with Crippen molar-refractivity contribution in [2.75, 3.05) is 18.0 Å². The van der Waals surface area contributed by atoms with E-state index in [0.717, 1.165) is 60.8 Å². The summed E-state index contributed by atoms with van der Waals surface area (Å²) in [6.07, 6.45) is 5.93. The Bertz CT molecular complexity index is 858. The molecular formula is C20H25N5. The molecule has 2 aromatic rings. The fourth-order valence-corrected chi connectivity index (χ4v) is 4.55. The fraction of sp³-hybridized carbons (Fsp3) is 0.550. The first kappa shape index (κ1) is 16.1. The van der Waals surface area contributed by atoms with Crippen LogP contribution >= 0.6 is 0 Å². The third-order valence-electron chi connectivity index (χ3n) is 5.64. The third kappa shape index (κ3) is 2.70. The van der Waals surface area contributed by atoms with Gasteiger partial charge in [0.15, 0.2) is 0 Å². The van der Waals surface area contributed by atoms with Crippen molar-refractivity contribution in [2.24, 2.45) is 0 Å². The molecule has 130 valence electrons. The molecule has 5 nitrogen and oxygen atoms in total. The second kappa shape index (κ2) is 6.18. The van der Waals surface area contributed by atoms with Gasteiger partial charge in [-0.1, -0.05) is 0 Å². The van der Waals surface area contributed by atoms with E-state index >= 15 is 0 Å². The van der Waals surface area contributed by atoms with E-state index in [9.17, 15) is 5.26 Å². The van der Waals surface area contributed by atoms with Crippen LogP contribution in [0.3, 0.4) is 0 Å². The number of nitriles is 1. The van der Waals surface area contributed by atoms with Crippen molar-refractivity contribution in [3.05, 3.63) is 40.2 Å². The molecule has 0 radical (unpaired) electrons. The van der Waals surface area contributed by atoms with Crippen molar-refractivity contribution < 1.29 is 0 Å². The van der Waals surface area contributed by atoms with Crippen molar-refractivity contribution in [2.45, 2.75) is 58.9 Å². The number of aromatic nitrogens is 3. The standard InChI is InChI=1S/C20H25N5/c1-13-10-20(17(11-21)14(2)22-13)24-9-8-16(12-24)25-15(3)23-18-6-4-5-7-19(18)25/h10,16H,4-9,12H2,1-3H3/t16-/m1/s1. The van der Waals surface area contributed by atoms with Gasteiger partial charge in [0, 0.05) is 24.5 Å². The Morgan fingerprint density at radius 3 is 2.76 bits per heavy atom. The van der Waals surface area contributed by atoms with Crippen molar-refractivity contribution >= 4 is 5.69 Å². The predicted molar refractivity (Wildman–Crippen MR) is 97.9 cm³/mol. The molecule has 5 heteroatoms. The Labute approximate surface area is 149 Å². The monoisotopic (exact) mass is 335 g/mol. The molecule has 1 aliphatic heterocycles. The van der Waals surface area contributed by atoms with Crippen LogP contribution in [0, 0.1) is 32.1 Å². The van der Waals surface area contributed by atoms with Crippen molar-refractivity contribution in [3.8, 4) is 6.07 Å². The second-order valence-electron chi connectivity index (χ2n) is 7.37. The SMILES string of the molecule is Cc1cc(N2CC[C@@H](n3c(C)nc4c3CCCC4)C2)c(C#N)c(C)n1. The van der Waals surface area contributed by atoms with Gasteiger partial charge in [-0.15, -0.1) is 0 Å². The average molecular weight is 335 g/mol. The number of hydrogen-bond donors (Lipinski definition) is 0. The topological polar surface area (TPSA) is 57.7 Å². The minimum absolute atomic E-state index is 0.453. The molecule has 0 amide bonds. The van der Waals surface area contributed by atoms with Crippen LogP contribution in [-0.2, 0) is 12.8 Å². The van der Waals surface area contributed by atoms with Gasteiger partial charge in [-0.25, -0.2) is 4.98 Å². The number of anilines is 1. The summed E-state index contributed by atoms with van der Waals surface area (Å²) in [5.74, 6) is 1.15. The summed E-state index contributed by atoms with van der Waals surface area (Å²) in [5.41, 5.74) is 6.34. The molecule has 2 aromatic heterocycles. The lowest BCUT2D eigenvalue weighted by Crippen LogP contribution is -2.24. The minimum Gasteiger partial charge on any atom is -0.368 e. The number of hydrogen-bond acceptors (Lipinski definition) is 4. The summed E-state index contributed by atoms with van der Waals surface area (Å²) in [7, 11) is 0. The fourth-order valence-electron chi connectivity index (χ4n) is 4.55. The van der Waals surface area contributed by atoms with Gasteiger partial charge in [-0.3, -0.25) is 4.98 Å². The number of aryl methyl sites for hydroxylation is 4. The van der Waals surface area contributed by atoms with Crippen LogP contribution in [-0.4, -0.2) is 27.6 Å². The summed E-state index contributed by atoms with van der Waals surface area (Å²) >= 11 is 0. The smallest absolute Gasteiger partial charge is 0.106 e. The van der Waals surface area contributed by atoms with E-state index in [1.54, 1.807) is 0 Å². The highest BCUT2D eigenvalue weighted by Crippen LogP contribution is 2.34. The molecule has 1 saturated heterocycles. The largest absolute Gasteiger partial charge is 0.368 e. The van der Waals surface area contributed by atoms with E-state index in [1.165, 1.54) is 24.2 Å². The maximum atomic E-state index is 9.57. The lowest BCUT2D eigenvalue weighted by atomic mass is 10.0. The first-order valence-corrected chi connectivity index (χ1v) is 9.28. The zero-order valence-corrected chi connectivity index (χ0v) is 15.3. The third-order valence-corrected chi connectivity index (χ3v) is 5.64. The second-order valence-corrected chi connectivity index (χ2v) is 7.37. The molecule has 0 unspecified atom stereocenters. The molecule has 0 saturated carbocycles. The molecule has 0 N–H and O–H groups in total. The Morgan fingerprint density at radius 1 is 1.16 bits per heavy atom. The molecule has 2 aliphatic rings. The highest BCUT2D eigenvalue weighted by Gasteiger charge is 2.30. The number of imidazole rings is 1. The zero-order chi connectivity index (χ0) is 17.6. The van der Waals surface area contributed by atoms with E-state index in [0.29, 0.717) is 6.04 Å². The highest BCUT2D eigenvalue weighted by atomic mass is 15.2. The molecule has 0 bridgehead atoms. The van der Waals surface area contributed by atoms with Gasteiger partial charge in [-0.2, -0.15) is 5.26 Å². The van der Waals surface area contributed by atoms with E-state index in [4.69, 9.17) is 4.98 Å². The van der Waals surface area contributed by atoms with E-state index < -0.39 is 0 Å². The zero-order valence-electron chi connectivity index (χ0n) is 15.3. The van der Waals surface area contributed by atoms with Gasteiger partial charge in [-0.05, 0) is 58.9 Å². The van der Waals surface area contributed by atoms with Gasteiger partial charge >= 0.3 is 0 Å². The molecule has 1 aliphatic carbocycles. The lowest BCUT2D eigenvalue weighted by Gasteiger charge is -2.23. The molecular weight excluding hydrogens is 310 g/mol. The molecule has 25 heavy (non-hydrogen) atoms. The van der Waals surface area contributed by atoms with Gasteiger partial charge in [0.1, 0.15) is 11.9 Å². The normalized spacial score (nSPS) is 19.8. The molecule has 0 aromatic carbocycles. The van der Waals surface area contributed by atoms with Crippen LogP contribution in [0.1, 0.15) is 59.5 Å². The Hall–Kier alpha value is -2.35. The summed E-state index contributed by atoms with van der Waals surface area (Å²) < 4.78 is 2.49. The first-order chi connectivity index (χ1) is 12.1. The predicted octanol–water partition coefficient (Wildman–Crippen LogP) is 3.41. The maximum absolute atomic E-state index is 9.57.